The molecule has 0 aliphatic rings. The highest BCUT2D eigenvalue weighted by atomic mass is 79.9. The van der Waals surface area contributed by atoms with Crippen LogP contribution >= 0.6 is 27.5 Å². The molecule has 1 N–H and O–H groups in total. The van der Waals surface area contributed by atoms with Gasteiger partial charge in [0.1, 0.15) is 18.3 Å². The Labute approximate surface area is 255 Å². The maximum atomic E-state index is 14.1. The molecule has 1 atom stereocenters. The van der Waals surface area contributed by atoms with E-state index in [9.17, 15) is 18.0 Å². The molecule has 0 aromatic heterocycles. The van der Waals surface area contributed by atoms with Crippen LogP contribution in [0.2, 0.25) is 5.02 Å². The molecule has 220 valence electrons. The van der Waals surface area contributed by atoms with Gasteiger partial charge >= 0.3 is 0 Å². The van der Waals surface area contributed by atoms with E-state index in [1.54, 1.807) is 38.1 Å². The van der Waals surface area contributed by atoms with Crippen molar-refractivity contribution in [2.24, 2.45) is 5.92 Å². The summed E-state index contributed by atoms with van der Waals surface area (Å²) in [5.41, 5.74) is 0.982. The molecule has 0 radical (unpaired) electrons. The lowest BCUT2D eigenvalue weighted by molar-refractivity contribution is -0.139. The first-order valence-corrected chi connectivity index (χ1v) is 15.9. The molecule has 0 heterocycles. The van der Waals surface area contributed by atoms with Crippen molar-refractivity contribution in [3.05, 3.63) is 87.9 Å². The summed E-state index contributed by atoms with van der Waals surface area (Å²) < 4.78 is 35.6. The number of hydrogen-bond donors (Lipinski definition) is 1. The number of benzene rings is 3. The quantitative estimate of drug-likeness (QED) is 0.246. The zero-order chi connectivity index (χ0) is 30.2. The molecule has 0 saturated heterocycles. The van der Waals surface area contributed by atoms with Gasteiger partial charge in [0.05, 0.1) is 17.2 Å². The highest BCUT2D eigenvalue weighted by Crippen LogP contribution is 2.33. The molecular formula is C30H35BrClN3O5S. The van der Waals surface area contributed by atoms with Crippen LogP contribution in [0.25, 0.3) is 0 Å². The average Bonchev–Trinajstić information content (AvgIpc) is 2.93. The van der Waals surface area contributed by atoms with Crippen molar-refractivity contribution < 1.29 is 22.7 Å². The summed E-state index contributed by atoms with van der Waals surface area (Å²) in [7, 11) is -4.25. The monoisotopic (exact) mass is 663 g/mol. The van der Waals surface area contributed by atoms with Gasteiger partial charge in [0.2, 0.25) is 11.8 Å². The Morgan fingerprint density at radius 2 is 1.68 bits per heavy atom. The molecule has 11 heteroatoms. The third-order valence-electron chi connectivity index (χ3n) is 6.21. The summed E-state index contributed by atoms with van der Waals surface area (Å²) >= 11 is 9.47. The number of ether oxygens (including phenoxy) is 1. The molecule has 0 aliphatic carbocycles. The van der Waals surface area contributed by atoms with E-state index in [-0.39, 0.29) is 29.0 Å². The summed E-state index contributed by atoms with van der Waals surface area (Å²) in [6.07, 6.45) is 0. The Morgan fingerprint density at radius 3 is 2.32 bits per heavy atom. The fourth-order valence-corrected chi connectivity index (χ4v) is 6.05. The van der Waals surface area contributed by atoms with Crippen LogP contribution in [-0.2, 0) is 26.2 Å². The Bertz CT molecular complexity index is 1450. The SMILES string of the molecule is CCOc1ccccc1N(CC(=O)N(Cc1cccc(Br)c1)C(C)C(=O)NCC(C)C)S(=O)(=O)c1ccc(Cl)cc1. The molecule has 1 unspecified atom stereocenters. The van der Waals surface area contributed by atoms with Crippen molar-refractivity contribution in [2.45, 2.75) is 45.2 Å². The summed E-state index contributed by atoms with van der Waals surface area (Å²) in [5, 5.41) is 3.26. The molecule has 2 amide bonds. The van der Waals surface area contributed by atoms with E-state index in [1.165, 1.54) is 29.2 Å². The van der Waals surface area contributed by atoms with Crippen LogP contribution in [0, 0.1) is 5.92 Å². The van der Waals surface area contributed by atoms with Crippen molar-refractivity contribution in [3.63, 3.8) is 0 Å². The van der Waals surface area contributed by atoms with E-state index in [2.05, 4.69) is 21.2 Å². The first kappa shape index (κ1) is 32.4. The third kappa shape index (κ3) is 8.70. The second-order valence-electron chi connectivity index (χ2n) is 9.83. The third-order valence-corrected chi connectivity index (χ3v) is 8.73. The van der Waals surface area contributed by atoms with Crippen LogP contribution in [0.5, 0.6) is 5.75 Å². The van der Waals surface area contributed by atoms with Gasteiger partial charge in [-0.05, 0) is 73.9 Å². The highest BCUT2D eigenvalue weighted by Gasteiger charge is 2.33. The summed E-state index contributed by atoms with van der Waals surface area (Å²) in [4.78, 5) is 28.5. The Kier molecular flexibility index (Phi) is 11.6. The van der Waals surface area contributed by atoms with Gasteiger partial charge in [-0.15, -0.1) is 0 Å². The van der Waals surface area contributed by atoms with Crippen LogP contribution in [0.15, 0.2) is 82.2 Å². The molecule has 3 aromatic rings. The Balaban J connectivity index is 2.07. The lowest BCUT2D eigenvalue weighted by Gasteiger charge is -2.32. The predicted octanol–water partition coefficient (Wildman–Crippen LogP) is 5.89. The smallest absolute Gasteiger partial charge is 0.264 e. The summed E-state index contributed by atoms with van der Waals surface area (Å²) in [6, 6.07) is 18.9. The van der Waals surface area contributed by atoms with Gasteiger partial charge < -0.3 is 15.0 Å². The van der Waals surface area contributed by atoms with E-state index < -0.39 is 28.5 Å². The maximum Gasteiger partial charge on any atom is 0.264 e. The van der Waals surface area contributed by atoms with E-state index in [1.807, 2.05) is 38.1 Å². The number of rotatable bonds is 13. The molecule has 3 aromatic carbocycles. The highest BCUT2D eigenvalue weighted by molar-refractivity contribution is 9.10. The number of hydrogen-bond acceptors (Lipinski definition) is 5. The second kappa shape index (κ2) is 14.7. The topological polar surface area (TPSA) is 96.0 Å². The van der Waals surface area contributed by atoms with Gasteiger partial charge in [0, 0.05) is 22.6 Å². The Hall–Kier alpha value is -3.08. The minimum Gasteiger partial charge on any atom is -0.492 e. The number of halogens is 2. The molecule has 41 heavy (non-hydrogen) atoms. The summed E-state index contributed by atoms with van der Waals surface area (Å²) in [5.74, 6) is -0.359. The largest absolute Gasteiger partial charge is 0.492 e. The molecule has 3 rings (SSSR count). The predicted molar refractivity (Wildman–Crippen MR) is 166 cm³/mol. The molecular weight excluding hydrogens is 630 g/mol. The number of carbonyl (C=O) groups is 2. The fraction of sp³-hybridized carbons (Fsp3) is 0.333. The van der Waals surface area contributed by atoms with E-state index in [0.29, 0.717) is 23.9 Å². The van der Waals surface area contributed by atoms with Crippen LogP contribution in [-0.4, -0.2) is 50.9 Å². The second-order valence-corrected chi connectivity index (χ2v) is 13.0. The zero-order valence-electron chi connectivity index (χ0n) is 23.5. The van der Waals surface area contributed by atoms with Crippen molar-refractivity contribution in [2.75, 3.05) is 24.0 Å². The summed E-state index contributed by atoms with van der Waals surface area (Å²) in [6.45, 7) is 7.65. The van der Waals surface area contributed by atoms with Crippen LogP contribution in [0.1, 0.15) is 33.3 Å². The zero-order valence-corrected chi connectivity index (χ0v) is 26.7. The number of carbonyl (C=O) groups excluding carboxylic acids is 2. The van der Waals surface area contributed by atoms with Gasteiger partial charge in [0.25, 0.3) is 10.0 Å². The van der Waals surface area contributed by atoms with E-state index in [0.717, 1.165) is 14.3 Å². The van der Waals surface area contributed by atoms with E-state index >= 15 is 0 Å². The minimum absolute atomic E-state index is 0.0396. The molecule has 0 fully saturated rings. The maximum absolute atomic E-state index is 14.1. The van der Waals surface area contributed by atoms with E-state index in [4.69, 9.17) is 16.3 Å². The standard InChI is InChI=1S/C30H35BrClN3O5S/c1-5-40-28-12-7-6-11-27(28)35(41(38,39)26-15-13-25(32)14-16-26)20-29(36)34(19-23-9-8-10-24(31)17-23)22(4)30(37)33-18-21(2)3/h6-17,21-22H,5,18-20H2,1-4H3,(H,33,37). The van der Waals surface area contributed by atoms with Gasteiger partial charge in [-0.2, -0.15) is 0 Å². The van der Waals surface area contributed by atoms with Gasteiger partial charge in [-0.3, -0.25) is 13.9 Å². The van der Waals surface area contributed by atoms with Crippen LogP contribution in [0.3, 0.4) is 0 Å². The lowest BCUT2D eigenvalue weighted by atomic mass is 10.1. The minimum atomic E-state index is -4.25. The number of amides is 2. The van der Waals surface area contributed by atoms with Gasteiger partial charge in [-0.25, -0.2) is 8.42 Å². The first-order valence-electron chi connectivity index (χ1n) is 13.3. The molecule has 0 aliphatic heterocycles. The molecule has 0 spiro atoms. The van der Waals surface area contributed by atoms with Crippen LogP contribution < -0.4 is 14.4 Å². The lowest BCUT2D eigenvalue weighted by Crippen LogP contribution is -2.51. The Morgan fingerprint density at radius 1 is 1.00 bits per heavy atom. The van der Waals surface area contributed by atoms with Crippen molar-refractivity contribution in [1.29, 1.82) is 0 Å². The van der Waals surface area contributed by atoms with Crippen molar-refractivity contribution in [3.8, 4) is 5.75 Å². The molecule has 0 bridgehead atoms. The average molecular weight is 665 g/mol. The number of anilines is 1. The van der Waals surface area contributed by atoms with Crippen molar-refractivity contribution in [1.82, 2.24) is 10.2 Å². The number of nitrogens with one attached hydrogen (secondary N) is 1. The van der Waals surface area contributed by atoms with Gasteiger partial charge in [0.15, 0.2) is 0 Å². The van der Waals surface area contributed by atoms with Gasteiger partial charge in [-0.1, -0.05) is 65.6 Å². The molecule has 8 nitrogen and oxygen atoms in total. The van der Waals surface area contributed by atoms with Crippen LogP contribution in [0.4, 0.5) is 5.69 Å². The normalized spacial score (nSPS) is 12.1. The fourth-order valence-electron chi connectivity index (χ4n) is 4.05. The number of nitrogens with zero attached hydrogens (tertiary/aromatic N) is 2. The first-order chi connectivity index (χ1) is 19.4. The van der Waals surface area contributed by atoms with Crippen molar-refractivity contribution >= 4 is 55.1 Å². The number of para-hydroxylation sites is 2. The molecule has 0 saturated carbocycles. The number of sulfonamides is 1.